The van der Waals surface area contributed by atoms with Crippen molar-refractivity contribution in [3.63, 3.8) is 0 Å². The third-order valence-corrected chi connectivity index (χ3v) is 5.04. The van der Waals surface area contributed by atoms with E-state index in [4.69, 9.17) is 0 Å². The molecule has 28 heavy (non-hydrogen) atoms. The molecule has 1 aliphatic rings. The van der Waals surface area contributed by atoms with Crippen LogP contribution in [0.3, 0.4) is 0 Å². The number of para-hydroxylation sites is 1. The van der Waals surface area contributed by atoms with Gasteiger partial charge in [0.2, 0.25) is 0 Å². The van der Waals surface area contributed by atoms with E-state index < -0.39 is 0 Å². The first-order chi connectivity index (χ1) is 13.7. The van der Waals surface area contributed by atoms with Gasteiger partial charge in [-0.05, 0) is 43.3 Å². The molecule has 1 fully saturated rings. The molecule has 0 radical (unpaired) electrons. The number of piperazine rings is 1. The lowest BCUT2D eigenvalue weighted by molar-refractivity contribution is 0.102. The van der Waals surface area contributed by atoms with Crippen LogP contribution in [0.15, 0.2) is 72.9 Å². The first kappa shape index (κ1) is 18.0. The zero-order valence-corrected chi connectivity index (χ0v) is 16.0. The lowest BCUT2D eigenvalue weighted by Crippen LogP contribution is -2.46. The number of aromatic nitrogens is 1. The molecule has 1 saturated heterocycles. The highest BCUT2D eigenvalue weighted by molar-refractivity contribution is 6.03. The monoisotopic (exact) mass is 372 g/mol. The number of hydrogen-bond acceptors (Lipinski definition) is 4. The van der Waals surface area contributed by atoms with Crippen LogP contribution in [0, 0.1) is 6.92 Å². The standard InChI is InChI=1S/C23H24N4O/c1-18-6-5-7-19(16-18)23(28)25-22-11-10-21(17-24-22)27-14-12-26(13-15-27)20-8-3-2-4-9-20/h2-11,16-17H,12-15H2,1H3,(H,24,25,28). The van der Waals surface area contributed by atoms with Gasteiger partial charge in [0.1, 0.15) is 5.82 Å². The summed E-state index contributed by atoms with van der Waals surface area (Å²) in [4.78, 5) is 21.5. The van der Waals surface area contributed by atoms with E-state index in [9.17, 15) is 4.79 Å². The fourth-order valence-corrected chi connectivity index (χ4v) is 3.48. The quantitative estimate of drug-likeness (QED) is 0.753. The number of rotatable bonds is 4. The number of aryl methyl sites for hydroxylation is 1. The molecule has 1 amide bonds. The number of carbonyl (C=O) groups is 1. The van der Waals surface area contributed by atoms with Crippen molar-refractivity contribution in [1.29, 1.82) is 0 Å². The molecule has 0 bridgehead atoms. The van der Waals surface area contributed by atoms with E-state index in [-0.39, 0.29) is 5.91 Å². The molecule has 3 aromatic rings. The SMILES string of the molecule is Cc1cccc(C(=O)Nc2ccc(N3CCN(c4ccccc4)CC3)cn2)c1. The number of amides is 1. The Kier molecular flexibility index (Phi) is 5.24. The third kappa shape index (κ3) is 4.14. The van der Waals surface area contributed by atoms with Gasteiger partial charge in [-0.15, -0.1) is 0 Å². The number of pyridine rings is 1. The Balaban J connectivity index is 1.35. The van der Waals surface area contributed by atoms with Crippen molar-refractivity contribution in [3.8, 4) is 0 Å². The van der Waals surface area contributed by atoms with E-state index in [1.165, 1.54) is 5.69 Å². The Morgan fingerprint density at radius 2 is 1.57 bits per heavy atom. The molecular weight excluding hydrogens is 348 g/mol. The van der Waals surface area contributed by atoms with E-state index in [2.05, 4.69) is 44.4 Å². The smallest absolute Gasteiger partial charge is 0.256 e. The highest BCUT2D eigenvalue weighted by Gasteiger charge is 2.17. The Bertz CT molecular complexity index is 932. The van der Waals surface area contributed by atoms with Gasteiger partial charge in [0.25, 0.3) is 5.91 Å². The van der Waals surface area contributed by atoms with Crippen LogP contribution >= 0.6 is 0 Å². The first-order valence-electron chi connectivity index (χ1n) is 9.58. The largest absolute Gasteiger partial charge is 0.368 e. The second-order valence-electron chi connectivity index (χ2n) is 7.03. The maximum Gasteiger partial charge on any atom is 0.256 e. The molecule has 2 heterocycles. The third-order valence-electron chi connectivity index (χ3n) is 5.04. The van der Waals surface area contributed by atoms with E-state index in [1.807, 2.05) is 55.6 Å². The number of nitrogens with zero attached hydrogens (tertiary/aromatic N) is 3. The molecule has 1 aromatic heterocycles. The maximum absolute atomic E-state index is 12.4. The van der Waals surface area contributed by atoms with Crippen molar-refractivity contribution in [2.24, 2.45) is 0 Å². The van der Waals surface area contributed by atoms with E-state index in [1.54, 1.807) is 0 Å². The van der Waals surface area contributed by atoms with Gasteiger partial charge in [-0.3, -0.25) is 4.79 Å². The fourth-order valence-electron chi connectivity index (χ4n) is 3.48. The van der Waals surface area contributed by atoms with Crippen molar-refractivity contribution in [2.45, 2.75) is 6.92 Å². The van der Waals surface area contributed by atoms with Gasteiger partial charge in [-0.25, -0.2) is 4.98 Å². The van der Waals surface area contributed by atoms with Crippen LogP contribution in [0.25, 0.3) is 0 Å². The fraction of sp³-hybridized carbons (Fsp3) is 0.217. The van der Waals surface area contributed by atoms with Gasteiger partial charge in [0.05, 0.1) is 11.9 Å². The van der Waals surface area contributed by atoms with Crippen LogP contribution in [0.1, 0.15) is 15.9 Å². The molecule has 5 heteroatoms. The van der Waals surface area contributed by atoms with Crippen LogP contribution < -0.4 is 15.1 Å². The minimum absolute atomic E-state index is 0.138. The van der Waals surface area contributed by atoms with Crippen molar-refractivity contribution in [1.82, 2.24) is 4.98 Å². The second-order valence-corrected chi connectivity index (χ2v) is 7.03. The van der Waals surface area contributed by atoms with E-state index in [0.29, 0.717) is 11.4 Å². The lowest BCUT2D eigenvalue weighted by Gasteiger charge is -2.37. The second kappa shape index (κ2) is 8.13. The zero-order valence-electron chi connectivity index (χ0n) is 16.0. The number of hydrogen-bond donors (Lipinski definition) is 1. The predicted molar refractivity (Wildman–Crippen MR) is 114 cm³/mol. The van der Waals surface area contributed by atoms with Crippen molar-refractivity contribution in [2.75, 3.05) is 41.3 Å². The molecule has 0 unspecified atom stereocenters. The Morgan fingerprint density at radius 1 is 0.857 bits per heavy atom. The summed E-state index contributed by atoms with van der Waals surface area (Å²) in [6, 6.07) is 21.9. The normalized spacial score (nSPS) is 14.0. The molecule has 1 aliphatic heterocycles. The van der Waals surface area contributed by atoms with Crippen LogP contribution in [0.2, 0.25) is 0 Å². The van der Waals surface area contributed by atoms with Crippen molar-refractivity contribution < 1.29 is 4.79 Å². The summed E-state index contributed by atoms with van der Waals surface area (Å²) in [6.07, 6.45) is 1.84. The van der Waals surface area contributed by atoms with Crippen LogP contribution in [0.4, 0.5) is 17.2 Å². The van der Waals surface area contributed by atoms with Crippen molar-refractivity contribution in [3.05, 3.63) is 84.1 Å². The zero-order chi connectivity index (χ0) is 19.3. The summed E-state index contributed by atoms with van der Waals surface area (Å²) in [5.41, 5.74) is 4.06. The van der Waals surface area contributed by atoms with Gasteiger partial charge in [-0.2, -0.15) is 0 Å². The molecule has 1 N–H and O–H groups in total. The summed E-state index contributed by atoms with van der Waals surface area (Å²) in [6.45, 7) is 5.84. The molecule has 0 aliphatic carbocycles. The highest BCUT2D eigenvalue weighted by Crippen LogP contribution is 2.21. The summed E-state index contributed by atoms with van der Waals surface area (Å²) in [5.74, 6) is 0.429. The Morgan fingerprint density at radius 3 is 2.21 bits per heavy atom. The van der Waals surface area contributed by atoms with Crippen LogP contribution in [-0.2, 0) is 0 Å². The lowest BCUT2D eigenvalue weighted by atomic mass is 10.1. The molecular formula is C23H24N4O. The minimum atomic E-state index is -0.138. The Hall–Kier alpha value is -3.34. The molecule has 0 saturated carbocycles. The summed E-state index contributed by atoms with van der Waals surface area (Å²) in [7, 11) is 0. The molecule has 2 aromatic carbocycles. The van der Waals surface area contributed by atoms with E-state index in [0.717, 1.165) is 37.4 Å². The average molecular weight is 372 g/mol. The molecule has 0 spiro atoms. The van der Waals surface area contributed by atoms with Crippen molar-refractivity contribution >= 4 is 23.1 Å². The predicted octanol–water partition coefficient (Wildman–Crippen LogP) is 3.97. The minimum Gasteiger partial charge on any atom is -0.368 e. The average Bonchev–Trinajstić information content (AvgIpc) is 2.75. The first-order valence-corrected chi connectivity index (χ1v) is 9.58. The van der Waals surface area contributed by atoms with Gasteiger partial charge in [-0.1, -0.05) is 35.9 Å². The Labute approximate surface area is 165 Å². The van der Waals surface area contributed by atoms with Gasteiger partial charge >= 0.3 is 0 Å². The number of benzene rings is 2. The number of anilines is 3. The summed E-state index contributed by atoms with van der Waals surface area (Å²) in [5, 5.41) is 2.87. The molecule has 5 nitrogen and oxygen atoms in total. The van der Waals surface area contributed by atoms with Gasteiger partial charge in [0.15, 0.2) is 0 Å². The maximum atomic E-state index is 12.4. The van der Waals surface area contributed by atoms with E-state index >= 15 is 0 Å². The molecule has 4 rings (SSSR count). The molecule has 0 atom stereocenters. The van der Waals surface area contributed by atoms with Gasteiger partial charge in [0, 0.05) is 37.4 Å². The van der Waals surface area contributed by atoms with Gasteiger partial charge < -0.3 is 15.1 Å². The molecule has 142 valence electrons. The van der Waals surface area contributed by atoms with Crippen LogP contribution in [-0.4, -0.2) is 37.1 Å². The van der Waals surface area contributed by atoms with Crippen LogP contribution in [0.5, 0.6) is 0 Å². The summed E-state index contributed by atoms with van der Waals surface area (Å²) < 4.78 is 0. The topological polar surface area (TPSA) is 48.5 Å². The summed E-state index contributed by atoms with van der Waals surface area (Å²) >= 11 is 0. The number of carbonyl (C=O) groups excluding carboxylic acids is 1. The highest BCUT2D eigenvalue weighted by atomic mass is 16.1. The number of nitrogens with one attached hydrogen (secondary N) is 1.